The van der Waals surface area contributed by atoms with Crippen LogP contribution in [0.25, 0.3) is 0 Å². The smallest absolute Gasteiger partial charge is 0.0832 e. The van der Waals surface area contributed by atoms with Crippen LogP contribution in [0.5, 0.6) is 0 Å². The highest BCUT2D eigenvalue weighted by Gasteiger charge is 2.08. The normalized spacial score (nSPS) is 11.3. The van der Waals surface area contributed by atoms with Crippen LogP contribution in [0.3, 0.4) is 0 Å². The molecule has 0 aromatic carbocycles. The molecule has 0 saturated carbocycles. The fourth-order valence-electron chi connectivity index (χ4n) is 2.25. The molecule has 0 aliphatic carbocycles. The lowest BCUT2D eigenvalue weighted by Crippen LogP contribution is -2.09. The highest BCUT2D eigenvalue weighted by molar-refractivity contribution is 5.10. The van der Waals surface area contributed by atoms with Crippen molar-refractivity contribution in [2.45, 2.75) is 45.9 Å². The van der Waals surface area contributed by atoms with Gasteiger partial charge in [0.15, 0.2) is 0 Å². The molecule has 0 saturated heterocycles. The van der Waals surface area contributed by atoms with Crippen LogP contribution in [0.15, 0.2) is 30.6 Å². The second-order valence-corrected chi connectivity index (χ2v) is 4.54. The maximum atomic E-state index is 9.21. The first-order valence-corrected chi connectivity index (χ1v) is 6.57. The van der Waals surface area contributed by atoms with E-state index in [1.54, 1.807) is 0 Å². The summed E-state index contributed by atoms with van der Waals surface area (Å²) in [5, 5.41) is 13.8. The predicted molar refractivity (Wildman–Crippen MR) is 71.3 cm³/mol. The van der Waals surface area contributed by atoms with Gasteiger partial charge in [-0.3, -0.25) is 4.68 Å². The van der Waals surface area contributed by atoms with Crippen molar-refractivity contribution in [3.05, 3.63) is 42.0 Å². The van der Waals surface area contributed by atoms with Gasteiger partial charge in [-0.1, -0.05) is 13.8 Å². The summed E-state index contributed by atoms with van der Waals surface area (Å²) in [6.07, 6.45) is 6.23. The van der Waals surface area contributed by atoms with E-state index >= 15 is 0 Å². The Morgan fingerprint density at radius 2 is 2.00 bits per heavy atom. The Balaban J connectivity index is 2.11. The molecule has 0 spiro atoms. The summed E-state index contributed by atoms with van der Waals surface area (Å²) < 4.78 is 4.08. The van der Waals surface area contributed by atoms with Gasteiger partial charge in [-0.05, 0) is 31.0 Å². The fourth-order valence-corrected chi connectivity index (χ4v) is 2.25. The second kappa shape index (κ2) is 5.87. The van der Waals surface area contributed by atoms with Crippen LogP contribution in [-0.4, -0.2) is 19.5 Å². The molecule has 0 atom stereocenters. The van der Waals surface area contributed by atoms with Gasteiger partial charge in [0, 0.05) is 18.1 Å². The van der Waals surface area contributed by atoms with Gasteiger partial charge in [0.05, 0.1) is 24.9 Å². The van der Waals surface area contributed by atoms with Crippen molar-refractivity contribution in [1.82, 2.24) is 14.3 Å². The Kier molecular flexibility index (Phi) is 4.20. The van der Waals surface area contributed by atoms with Crippen LogP contribution in [0, 0.1) is 0 Å². The van der Waals surface area contributed by atoms with Crippen LogP contribution in [0.4, 0.5) is 0 Å². The first-order valence-electron chi connectivity index (χ1n) is 6.57. The summed E-state index contributed by atoms with van der Waals surface area (Å²) in [6.45, 7) is 5.16. The average Bonchev–Trinajstić information content (AvgIpc) is 3.01. The van der Waals surface area contributed by atoms with E-state index in [1.807, 2.05) is 22.9 Å². The molecule has 0 aliphatic rings. The lowest BCUT2D eigenvalue weighted by molar-refractivity contribution is 0.271. The summed E-state index contributed by atoms with van der Waals surface area (Å²) in [5.74, 6) is 0. The number of nitrogens with zero attached hydrogens (tertiary/aromatic N) is 3. The zero-order valence-electron chi connectivity index (χ0n) is 11.1. The van der Waals surface area contributed by atoms with Gasteiger partial charge in [-0.2, -0.15) is 5.10 Å². The van der Waals surface area contributed by atoms with Gasteiger partial charge >= 0.3 is 0 Å². The van der Waals surface area contributed by atoms with Crippen LogP contribution < -0.4 is 0 Å². The van der Waals surface area contributed by atoms with Crippen molar-refractivity contribution in [3.8, 4) is 0 Å². The summed E-state index contributed by atoms with van der Waals surface area (Å²) >= 11 is 0. The zero-order chi connectivity index (χ0) is 13.0. The lowest BCUT2D eigenvalue weighted by Gasteiger charge is -2.12. The van der Waals surface area contributed by atoms with Crippen molar-refractivity contribution in [1.29, 1.82) is 0 Å². The third-order valence-electron chi connectivity index (χ3n) is 3.40. The van der Waals surface area contributed by atoms with Crippen LogP contribution in [0.1, 0.15) is 44.1 Å². The van der Waals surface area contributed by atoms with Gasteiger partial charge in [0.25, 0.3) is 0 Å². The Bertz CT molecular complexity index is 483. The molecule has 1 N–H and O–H groups in total. The fraction of sp³-hybridized carbons (Fsp3) is 0.500. The Labute approximate surface area is 108 Å². The number of aromatic nitrogens is 3. The Hall–Kier alpha value is -1.55. The molecule has 98 valence electrons. The monoisotopic (exact) mass is 247 g/mol. The molecule has 4 heteroatoms. The van der Waals surface area contributed by atoms with Crippen molar-refractivity contribution in [2.75, 3.05) is 0 Å². The molecule has 0 radical (unpaired) electrons. The lowest BCUT2D eigenvalue weighted by atomic mass is 10.2. The average molecular weight is 247 g/mol. The van der Waals surface area contributed by atoms with E-state index < -0.39 is 0 Å². The van der Waals surface area contributed by atoms with E-state index in [4.69, 9.17) is 0 Å². The molecule has 0 unspecified atom stereocenters. The molecule has 2 aromatic rings. The van der Waals surface area contributed by atoms with Gasteiger partial charge in [-0.25, -0.2) is 0 Å². The van der Waals surface area contributed by atoms with Crippen LogP contribution in [-0.2, 0) is 13.2 Å². The first kappa shape index (κ1) is 12.9. The molecule has 0 amide bonds. The van der Waals surface area contributed by atoms with Crippen molar-refractivity contribution >= 4 is 0 Å². The largest absolute Gasteiger partial charge is 0.390 e. The minimum absolute atomic E-state index is 0.0697. The molecule has 2 heterocycles. The summed E-state index contributed by atoms with van der Waals surface area (Å²) in [5.41, 5.74) is 1.96. The maximum absolute atomic E-state index is 9.21. The molecule has 0 fully saturated rings. The number of aliphatic hydroxyl groups excluding tert-OH is 1. The van der Waals surface area contributed by atoms with E-state index in [-0.39, 0.29) is 6.61 Å². The molecule has 4 nitrogen and oxygen atoms in total. The number of aliphatic hydroxyl groups is 1. The Morgan fingerprint density at radius 3 is 2.67 bits per heavy atom. The van der Waals surface area contributed by atoms with E-state index in [1.165, 1.54) is 0 Å². The summed E-state index contributed by atoms with van der Waals surface area (Å²) in [6, 6.07) is 6.42. The SMILES string of the molecule is CCC(CC)n1ccc(Cn2cccc2CO)n1. The van der Waals surface area contributed by atoms with Gasteiger partial charge in [-0.15, -0.1) is 0 Å². The minimum atomic E-state index is 0.0697. The highest BCUT2D eigenvalue weighted by Crippen LogP contribution is 2.15. The third kappa shape index (κ3) is 2.64. The highest BCUT2D eigenvalue weighted by atomic mass is 16.3. The van der Waals surface area contributed by atoms with Crippen LogP contribution in [0.2, 0.25) is 0 Å². The van der Waals surface area contributed by atoms with Gasteiger partial charge in [0.1, 0.15) is 0 Å². The molecule has 18 heavy (non-hydrogen) atoms. The molecular weight excluding hydrogens is 226 g/mol. The van der Waals surface area contributed by atoms with Crippen LogP contribution >= 0.6 is 0 Å². The molecule has 2 rings (SSSR count). The first-order chi connectivity index (χ1) is 8.78. The predicted octanol–water partition coefficient (Wildman–Crippen LogP) is 2.59. The summed E-state index contributed by atoms with van der Waals surface area (Å²) in [7, 11) is 0. The number of hydrogen-bond acceptors (Lipinski definition) is 2. The minimum Gasteiger partial charge on any atom is -0.390 e. The zero-order valence-corrected chi connectivity index (χ0v) is 11.1. The summed E-state index contributed by atoms with van der Waals surface area (Å²) in [4.78, 5) is 0. The van der Waals surface area contributed by atoms with E-state index in [0.29, 0.717) is 6.04 Å². The maximum Gasteiger partial charge on any atom is 0.0832 e. The number of rotatable bonds is 6. The topological polar surface area (TPSA) is 43.0 Å². The van der Waals surface area contributed by atoms with Gasteiger partial charge < -0.3 is 9.67 Å². The third-order valence-corrected chi connectivity index (χ3v) is 3.40. The standard InChI is InChI=1S/C14H21N3O/c1-3-13(4-2)17-9-7-12(15-17)10-16-8-5-6-14(16)11-18/h5-9,13,18H,3-4,10-11H2,1-2H3. The van der Waals surface area contributed by atoms with E-state index in [9.17, 15) is 5.11 Å². The number of hydrogen-bond donors (Lipinski definition) is 1. The van der Waals surface area contributed by atoms with Crippen molar-refractivity contribution in [2.24, 2.45) is 0 Å². The quantitative estimate of drug-likeness (QED) is 0.852. The van der Waals surface area contributed by atoms with E-state index in [2.05, 4.69) is 35.9 Å². The van der Waals surface area contributed by atoms with Crippen molar-refractivity contribution < 1.29 is 5.11 Å². The second-order valence-electron chi connectivity index (χ2n) is 4.54. The van der Waals surface area contributed by atoms with Gasteiger partial charge in [0.2, 0.25) is 0 Å². The van der Waals surface area contributed by atoms with Crippen molar-refractivity contribution in [3.63, 3.8) is 0 Å². The molecule has 0 bridgehead atoms. The molecule has 0 aliphatic heterocycles. The molecule has 2 aromatic heterocycles. The van der Waals surface area contributed by atoms with E-state index in [0.717, 1.165) is 30.8 Å². The Morgan fingerprint density at radius 1 is 1.22 bits per heavy atom. The molecular formula is C14H21N3O.